The molecule has 0 bridgehead atoms. The minimum absolute atomic E-state index is 0.0491. The summed E-state index contributed by atoms with van der Waals surface area (Å²) in [4.78, 5) is 33.1. The first-order valence-corrected chi connectivity index (χ1v) is 6.39. The Morgan fingerprint density at radius 2 is 1.60 bits per heavy atom. The molecule has 0 unspecified atom stereocenters. The number of halogens is 1. The van der Waals surface area contributed by atoms with E-state index in [1.54, 1.807) is 24.3 Å². The van der Waals surface area contributed by atoms with Crippen molar-refractivity contribution in [1.82, 2.24) is 10.9 Å². The van der Waals surface area contributed by atoms with Gasteiger partial charge in [0.15, 0.2) is 0 Å². The van der Waals surface area contributed by atoms with E-state index in [9.17, 15) is 14.4 Å². The number of hydrogen-bond donors (Lipinski definition) is 3. The fourth-order valence-corrected chi connectivity index (χ4v) is 1.56. The minimum atomic E-state index is -0.954. The van der Waals surface area contributed by atoms with Gasteiger partial charge >= 0.3 is 5.97 Å². The summed E-state index contributed by atoms with van der Waals surface area (Å²) in [6, 6.07) is 6.79. The van der Waals surface area contributed by atoms with Gasteiger partial charge in [-0.3, -0.25) is 25.2 Å². The molecule has 108 valence electrons. The van der Waals surface area contributed by atoms with Gasteiger partial charge in [-0.2, -0.15) is 0 Å². The third-order valence-electron chi connectivity index (χ3n) is 2.41. The van der Waals surface area contributed by atoms with E-state index >= 15 is 0 Å². The molecular formula is C13H15ClN2O4. The molecule has 0 aliphatic heterocycles. The van der Waals surface area contributed by atoms with E-state index < -0.39 is 11.9 Å². The van der Waals surface area contributed by atoms with Crippen molar-refractivity contribution in [2.45, 2.75) is 25.7 Å². The maximum Gasteiger partial charge on any atom is 0.303 e. The van der Waals surface area contributed by atoms with Crippen molar-refractivity contribution >= 4 is 29.4 Å². The van der Waals surface area contributed by atoms with Crippen molar-refractivity contribution in [1.29, 1.82) is 0 Å². The third-order valence-corrected chi connectivity index (χ3v) is 2.67. The van der Waals surface area contributed by atoms with Gasteiger partial charge in [0.25, 0.3) is 0 Å². The zero-order valence-corrected chi connectivity index (χ0v) is 11.4. The van der Waals surface area contributed by atoms with Crippen LogP contribution >= 0.6 is 11.6 Å². The van der Waals surface area contributed by atoms with Crippen molar-refractivity contribution in [3.63, 3.8) is 0 Å². The van der Waals surface area contributed by atoms with Crippen LogP contribution in [-0.4, -0.2) is 22.9 Å². The average molecular weight is 299 g/mol. The highest BCUT2D eigenvalue weighted by Gasteiger charge is 2.06. The number of carboxylic acids is 1. The molecule has 1 aromatic rings. The topological polar surface area (TPSA) is 95.5 Å². The number of hydrogen-bond acceptors (Lipinski definition) is 3. The summed E-state index contributed by atoms with van der Waals surface area (Å²) in [6.45, 7) is 0. The summed E-state index contributed by atoms with van der Waals surface area (Å²) in [5.74, 6) is -1.74. The minimum Gasteiger partial charge on any atom is -0.481 e. The molecule has 0 radical (unpaired) electrons. The van der Waals surface area contributed by atoms with Crippen molar-refractivity contribution in [2.75, 3.05) is 0 Å². The second-order valence-corrected chi connectivity index (χ2v) is 4.58. The highest BCUT2D eigenvalue weighted by Crippen LogP contribution is 2.09. The Balaban J connectivity index is 2.24. The molecule has 0 aromatic heterocycles. The second-order valence-electron chi connectivity index (χ2n) is 4.15. The van der Waals surface area contributed by atoms with E-state index in [1.807, 2.05) is 0 Å². The number of carbonyl (C=O) groups excluding carboxylic acids is 2. The summed E-state index contributed by atoms with van der Waals surface area (Å²) < 4.78 is 0. The van der Waals surface area contributed by atoms with Crippen LogP contribution in [0.2, 0.25) is 5.02 Å². The first-order valence-electron chi connectivity index (χ1n) is 6.01. The van der Waals surface area contributed by atoms with Crippen LogP contribution in [0.3, 0.4) is 0 Å². The first kappa shape index (κ1) is 16.0. The van der Waals surface area contributed by atoms with Gasteiger partial charge < -0.3 is 5.11 Å². The van der Waals surface area contributed by atoms with Gasteiger partial charge in [0, 0.05) is 17.9 Å². The SMILES string of the molecule is O=C(O)CCCC(=O)NNC(=O)Cc1ccc(Cl)cc1. The molecule has 0 aliphatic rings. The summed E-state index contributed by atoms with van der Waals surface area (Å²) >= 11 is 5.72. The average Bonchev–Trinajstić information content (AvgIpc) is 2.39. The van der Waals surface area contributed by atoms with E-state index in [-0.39, 0.29) is 31.6 Å². The van der Waals surface area contributed by atoms with Gasteiger partial charge in [0.1, 0.15) is 0 Å². The lowest BCUT2D eigenvalue weighted by atomic mass is 10.1. The highest BCUT2D eigenvalue weighted by atomic mass is 35.5. The smallest absolute Gasteiger partial charge is 0.303 e. The van der Waals surface area contributed by atoms with Crippen LogP contribution in [-0.2, 0) is 20.8 Å². The van der Waals surface area contributed by atoms with Crippen LogP contribution in [0.4, 0.5) is 0 Å². The van der Waals surface area contributed by atoms with Gasteiger partial charge in [0.2, 0.25) is 11.8 Å². The predicted molar refractivity (Wildman–Crippen MR) is 72.9 cm³/mol. The lowest BCUT2D eigenvalue weighted by Crippen LogP contribution is -2.42. The van der Waals surface area contributed by atoms with Gasteiger partial charge in [-0.1, -0.05) is 23.7 Å². The van der Waals surface area contributed by atoms with E-state index in [2.05, 4.69) is 10.9 Å². The molecular weight excluding hydrogens is 284 g/mol. The Hall–Kier alpha value is -2.08. The molecule has 0 saturated carbocycles. The van der Waals surface area contributed by atoms with Gasteiger partial charge in [-0.15, -0.1) is 0 Å². The molecule has 6 nitrogen and oxygen atoms in total. The molecule has 0 heterocycles. The van der Waals surface area contributed by atoms with Crippen molar-refractivity contribution in [2.24, 2.45) is 0 Å². The number of nitrogens with one attached hydrogen (secondary N) is 2. The second kappa shape index (κ2) is 8.16. The van der Waals surface area contributed by atoms with Crippen molar-refractivity contribution in [3.05, 3.63) is 34.9 Å². The molecule has 0 aliphatic carbocycles. The highest BCUT2D eigenvalue weighted by molar-refractivity contribution is 6.30. The maximum absolute atomic E-state index is 11.5. The quantitative estimate of drug-likeness (QED) is 0.690. The number of rotatable bonds is 6. The largest absolute Gasteiger partial charge is 0.481 e. The Morgan fingerprint density at radius 1 is 1.00 bits per heavy atom. The molecule has 1 rings (SSSR count). The molecule has 20 heavy (non-hydrogen) atoms. The molecule has 0 saturated heterocycles. The Labute approximate surface area is 121 Å². The first-order chi connectivity index (χ1) is 9.47. The number of aliphatic carboxylic acids is 1. The number of amides is 2. The van der Waals surface area contributed by atoms with Crippen molar-refractivity contribution in [3.8, 4) is 0 Å². The Morgan fingerprint density at radius 3 is 2.20 bits per heavy atom. The zero-order chi connectivity index (χ0) is 15.0. The van der Waals surface area contributed by atoms with Gasteiger partial charge in [-0.25, -0.2) is 0 Å². The van der Waals surface area contributed by atoms with Crippen LogP contribution in [0, 0.1) is 0 Å². The van der Waals surface area contributed by atoms with Crippen LogP contribution in [0.25, 0.3) is 0 Å². The van der Waals surface area contributed by atoms with E-state index in [0.29, 0.717) is 5.02 Å². The fourth-order valence-electron chi connectivity index (χ4n) is 1.43. The summed E-state index contributed by atoms with van der Waals surface area (Å²) in [5.41, 5.74) is 5.27. The summed E-state index contributed by atoms with van der Waals surface area (Å²) in [5, 5.41) is 9.00. The monoisotopic (exact) mass is 298 g/mol. The summed E-state index contributed by atoms with van der Waals surface area (Å²) in [6.07, 6.45) is 0.320. The number of carboxylic acid groups (broad SMARTS) is 1. The van der Waals surface area contributed by atoms with Crippen LogP contribution in [0.15, 0.2) is 24.3 Å². The Bertz CT molecular complexity index is 488. The molecule has 3 N–H and O–H groups in total. The predicted octanol–water partition coefficient (Wildman–Crippen LogP) is 1.28. The maximum atomic E-state index is 11.5. The van der Waals surface area contributed by atoms with Crippen molar-refractivity contribution < 1.29 is 19.5 Å². The summed E-state index contributed by atoms with van der Waals surface area (Å²) in [7, 11) is 0. The van der Waals surface area contributed by atoms with Gasteiger partial charge in [0.05, 0.1) is 6.42 Å². The lowest BCUT2D eigenvalue weighted by Gasteiger charge is -2.07. The van der Waals surface area contributed by atoms with E-state index in [1.165, 1.54) is 0 Å². The van der Waals surface area contributed by atoms with Crippen LogP contribution in [0.1, 0.15) is 24.8 Å². The Kier molecular flexibility index (Phi) is 6.52. The fraction of sp³-hybridized carbons (Fsp3) is 0.308. The molecule has 7 heteroatoms. The van der Waals surface area contributed by atoms with E-state index in [4.69, 9.17) is 16.7 Å². The third kappa shape index (κ3) is 6.75. The lowest BCUT2D eigenvalue weighted by molar-refractivity contribution is -0.137. The molecule has 1 aromatic carbocycles. The molecule has 0 fully saturated rings. The number of hydrazine groups is 1. The van der Waals surface area contributed by atoms with Gasteiger partial charge in [-0.05, 0) is 24.1 Å². The van der Waals surface area contributed by atoms with Crippen LogP contribution in [0.5, 0.6) is 0 Å². The molecule has 0 atom stereocenters. The normalized spacial score (nSPS) is 9.85. The van der Waals surface area contributed by atoms with Crippen LogP contribution < -0.4 is 10.9 Å². The van der Waals surface area contributed by atoms with E-state index in [0.717, 1.165) is 5.56 Å². The zero-order valence-electron chi connectivity index (χ0n) is 10.7. The molecule has 0 spiro atoms. The number of benzene rings is 1. The standard InChI is InChI=1S/C13H15ClN2O4/c14-10-6-4-9(5-7-10)8-12(18)16-15-11(17)2-1-3-13(19)20/h4-7H,1-3,8H2,(H,15,17)(H,16,18)(H,19,20). The number of carbonyl (C=O) groups is 3. The molecule has 2 amide bonds.